The third kappa shape index (κ3) is 4.52. The van der Waals surface area contributed by atoms with Gasteiger partial charge in [0.2, 0.25) is 0 Å². The predicted octanol–water partition coefficient (Wildman–Crippen LogP) is 8.33. The highest BCUT2D eigenvalue weighted by Gasteiger charge is 2.12. The Morgan fingerprint density at radius 2 is 1.00 bits per heavy atom. The second-order valence-corrected chi connectivity index (χ2v) is 7.79. The first-order valence-electron chi connectivity index (χ1n) is 10.4. The van der Waals surface area contributed by atoms with Gasteiger partial charge in [-0.15, -0.1) is 0 Å². The fraction of sp³-hybridized carbons (Fsp3) is 0.103. The summed E-state index contributed by atoms with van der Waals surface area (Å²) in [4.78, 5) is 2.30. The van der Waals surface area contributed by atoms with Crippen LogP contribution in [0.2, 0.25) is 0 Å². The molecule has 0 aromatic heterocycles. The molecule has 0 fully saturated rings. The van der Waals surface area contributed by atoms with E-state index in [0.29, 0.717) is 0 Å². The molecule has 0 radical (unpaired) electrons. The Balaban J connectivity index is 1.69. The minimum atomic E-state index is 1.15. The first-order chi connectivity index (χ1) is 14.6. The topological polar surface area (TPSA) is 3.24 Å². The number of nitrogens with zero attached hydrogens (tertiary/aromatic N) is 1. The number of hydrogen-bond donors (Lipinski definition) is 0. The minimum Gasteiger partial charge on any atom is -0.311 e. The van der Waals surface area contributed by atoms with Gasteiger partial charge in [0.15, 0.2) is 0 Å². The summed E-state index contributed by atoms with van der Waals surface area (Å²) in [5, 5.41) is 0. The molecule has 0 amide bonds. The van der Waals surface area contributed by atoms with Crippen LogP contribution >= 0.6 is 0 Å². The van der Waals surface area contributed by atoms with Crippen LogP contribution in [0, 0.1) is 13.8 Å². The van der Waals surface area contributed by atoms with Gasteiger partial charge < -0.3 is 4.90 Å². The van der Waals surface area contributed by atoms with E-state index in [-0.39, 0.29) is 0 Å². The number of rotatable bonds is 5. The van der Waals surface area contributed by atoms with E-state index in [1.165, 1.54) is 27.8 Å². The molecule has 0 saturated carbocycles. The molecule has 4 aromatic carbocycles. The fourth-order valence-corrected chi connectivity index (χ4v) is 3.59. The largest absolute Gasteiger partial charge is 0.311 e. The molecule has 4 rings (SSSR count). The zero-order chi connectivity index (χ0) is 20.9. The van der Waals surface area contributed by atoms with E-state index in [9.17, 15) is 0 Å². The normalized spacial score (nSPS) is 11.4. The summed E-state index contributed by atoms with van der Waals surface area (Å²) in [7, 11) is 0. The number of aryl methyl sites for hydroxylation is 2. The maximum Gasteiger partial charge on any atom is 0.0462 e. The SMILES string of the molecule is C/C(=C\c1ccc(N(c2ccc(C)cc2)c2ccc(C)cc2)cc1)c1ccccc1. The molecule has 1 heteroatoms. The Bertz CT molecular complexity index is 1070. The second-order valence-electron chi connectivity index (χ2n) is 7.79. The molecule has 0 N–H and O–H groups in total. The average Bonchev–Trinajstić information content (AvgIpc) is 2.78. The summed E-state index contributed by atoms with van der Waals surface area (Å²) in [6.45, 7) is 6.40. The Morgan fingerprint density at radius 1 is 0.567 bits per heavy atom. The molecule has 0 heterocycles. The third-order valence-corrected chi connectivity index (χ3v) is 5.35. The monoisotopic (exact) mass is 389 g/mol. The molecule has 0 aliphatic carbocycles. The number of benzene rings is 4. The van der Waals surface area contributed by atoms with Crippen LogP contribution in [0.15, 0.2) is 103 Å². The van der Waals surface area contributed by atoms with Gasteiger partial charge in [0.1, 0.15) is 0 Å². The lowest BCUT2D eigenvalue weighted by atomic mass is 10.0. The molecule has 0 saturated heterocycles. The van der Waals surface area contributed by atoms with Gasteiger partial charge in [-0.05, 0) is 73.9 Å². The molecule has 30 heavy (non-hydrogen) atoms. The van der Waals surface area contributed by atoms with Gasteiger partial charge in [-0.3, -0.25) is 0 Å². The van der Waals surface area contributed by atoms with Gasteiger partial charge in [-0.25, -0.2) is 0 Å². The van der Waals surface area contributed by atoms with Crippen LogP contribution in [-0.2, 0) is 0 Å². The summed E-state index contributed by atoms with van der Waals surface area (Å²) in [6.07, 6.45) is 2.24. The Hall–Kier alpha value is -3.58. The molecular formula is C29H27N. The Morgan fingerprint density at radius 3 is 1.47 bits per heavy atom. The molecule has 0 bridgehead atoms. The zero-order valence-electron chi connectivity index (χ0n) is 17.8. The van der Waals surface area contributed by atoms with E-state index in [1.54, 1.807) is 0 Å². The Labute approximate surface area is 179 Å². The van der Waals surface area contributed by atoms with Gasteiger partial charge >= 0.3 is 0 Å². The highest BCUT2D eigenvalue weighted by atomic mass is 15.1. The van der Waals surface area contributed by atoms with Crippen molar-refractivity contribution in [3.05, 3.63) is 125 Å². The summed E-state index contributed by atoms with van der Waals surface area (Å²) >= 11 is 0. The lowest BCUT2D eigenvalue weighted by Gasteiger charge is -2.26. The third-order valence-electron chi connectivity index (χ3n) is 5.35. The van der Waals surface area contributed by atoms with Crippen LogP contribution in [0.3, 0.4) is 0 Å². The standard InChI is InChI=1S/C29H27N/c1-22-9-15-27(16-10-22)30(28-17-11-23(2)12-18-28)29-19-13-25(14-20-29)21-24(3)26-7-5-4-6-8-26/h4-21H,1-3H3/b24-21+. The summed E-state index contributed by atoms with van der Waals surface area (Å²) in [6, 6.07) is 36.7. The maximum atomic E-state index is 2.30. The zero-order valence-corrected chi connectivity index (χ0v) is 17.8. The van der Waals surface area contributed by atoms with Crippen molar-refractivity contribution in [2.75, 3.05) is 4.90 Å². The lowest BCUT2D eigenvalue weighted by molar-refractivity contribution is 1.27. The van der Waals surface area contributed by atoms with Gasteiger partial charge in [0.25, 0.3) is 0 Å². The van der Waals surface area contributed by atoms with E-state index < -0.39 is 0 Å². The van der Waals surface area contributed by atoms with Crippen molar-refractivity contribution in [1.82, 2.24) is 0 Å². The summed E-state index contributed by atoms with van der Waals surface area (Å²) < 4.78 is 0. The molecule has 0 spiro atoms. The van der Waals surface area contributed by atoms with Gasteiger partial charge in [-0.2, -0.15) is 0 Å². The van der Waals surface area contributed by atoms with Crippen LogP contribution in [0.25, 0.3) is 11.6 Å². The summed E-state index contributed by atoms with van der Waals surface area (Å²) in [5.41, 5.74) is 9.71. The quantitative estimate of drug-likeness (QED) is 0.310. The molecule has 0 aliphatic heterocycles. The molecule has 0 aliphatic rings. The molecular weight excluding hydrogens is 362 g/mol. The summed E-state index contributed by atoms with van der Waals surface area (Å²) in [5.74, 6) is 0. The van der Waals surface area contributed by atoms with E-state index in [1.807, 2.05) is 0 Å². The second kappa shape index (κ2) is 8.84. The van der Waals surface area contributed by atoms with Crippen LogP contribution in [-0.4, -0.2) is 0 Å². The van der Waals surface area contributed by atoms with Crippen molar-refractivity contribution in [3.8, 4) is 0 Å². The first-order valence-corrected chi connectivity index (χ1v) is 10.4. The molecule has 148 valence electrons. The van der Waals surface area contributed by atoms with Crippen molar-refractivity contribution in [2.24, 2.45) is 0 Å². The van der Waals surface area contributed by atoms with Crippen molar-refractivity contribution in [2.45, 2.75) is 20.8 Å². The van der Waals surface area contributed by atoms with E-state index in [0.717, 1.165) is 17.1 Å². The van der Waals surface area contributed by atoms with Crippen molar-refractivity contribution >= 4 is 28.7 Å². The fourth-order valence-electron chi connectivity index (χ4n) is 3.59. The van der Waals surface area contributed by atoms with Crippen molar-refractivity contribution in [1.29, 1.82) is 0 Å². The molecule has 4 aromatic rings. The molecule has 1 nitrogen and oxygen atoms in total. The Kier molecular flexibility index (Phi) is 5.81. The van der Waals surface area contributed by atoms with Crippen LogP contribution < -0.4 is 4.90 Å². The first kappa shape index (κ1) is 19.7. The molecule has 0 unspecified atom stereocenters. The van der Waals surface area contributed by atoms with Gasteiger partial charge in [-0.1, -0.05) is 83.9 Å². The maximum absolute atomic E-state index is 2.30. The van der Waals surface area contributed by atoms with Gasteiger partial charge in [0.05, 0.1) is 0 Å². The number of hydrogen-bond acceptors (Lipinski definition) is 1. The average molecular weight is 390 g/mol. The van der Waals surface area contributed by atoms with Crippen LogP contribution in [0.4, 0.5) is 17.1 Å². The van der Waals surface area contributed by atoms with Crippen LogP contribution in [0.5, 0.6) is 0 Å². The van der Waals surface area contributed by atoms with E-state index in [2.05, 4.69) is 135 Å². The van der Waals surface area contributed by atoms with Crippen molar-refractivity contribution < 1.29 is 0 Å². The predicted molar refractivity (Wildman–Crippen MR) is 131 cm³/mol. The highest BCUT2D eigenvalue weighted by Crippen LogP contribution is 2.35. The smallest absolute Gasteiger partial charge is 0.0462 e. The van der Waals surface area contributed by atoms with E-state index in [4.69, 9.17) is 0 Å². The minimum absolute atomic E-state index is 1.15. The highest BCUT2D eigenvalue weighted by molar-refractivity contribution is 5.82. The van der Waals surface area contributed by atoms with Crippen molar-refractivity contribution in [3.63, 3.8) is 0 Å². The lowest BCUT2D eigenvalue weighted by Crippen LogP contribution is -2.09. The van der Waals surface area contributed by atoms with Gasteiger partial charge in [0, 0.05) is 17.1 Å². The van der Waals surface area contributed by atoms with Crippen LogP contribution in [0.1, 0.15) is 29.2 Å². The van der Waals surface area contributed by atoms with E-state index >= 15 is 0 Å². The number of anilines is 3. The molecule has 0 atom stereocenters. The number of allylic oxidation sites excluding steroid dienone is 1.